The van der Waals surface area contributed by atoms with E-state index in [0.29, 0.717) is 12.6 Å². The number of carbonyl (C=O) groups is 1. The average Bonchev–Trinajstić information content (AvgIpc) is 3.09. The van der Waals surface area contributed by atoms with Crippen molar-refractivity contribution in [2.45, 2.75) is 26.3 Å². The lowest BCUT2D eigenvalue weighted by molar-refractivity contribution is -0.123. The number of fused-ring (bicyclic) bond motifs is 1. The van der Waals surface area contributed by atoms with E-state index in [9.17, 15) is 4.79 Å². The number of nitrogens with zero attached hydrogens (tertiary/aromatic N) is 2. The third-order valence-electron chi connectivity index (χ3n) is 4.72. The molecule has 0 radical (unpaired) electrons. The lowest BCUT2D eigenvalue weighted by Crippen LogP contribution is -2.38. The van der Waals surface area contributed by atoms with E-state index in [2.05, 4.69) is 40.9 Å². The van der Waals surface area contributed by atoms with Gasteiger partial charge in [-0.3, -0.25) is 9.69 Å². The minimum absolute atomic E-state index is 0.0452. The molecular weight excluding hydrogens is 330 g/mol. The molecule has 0 atom stereocenters. The van der Waals surface area contributed by atoms with Crippen LogP contribution in [-0.2, 0) is 9.53 Å². The van der Waals surface area contributed by atoms with Gasteiger partial charge < -0.3 is 19.4 Å². The number of nitrogens with one attached hydrogen (secondary N) is 1. The highest BCUT2D eigenvalue weighted by molar-refractivity contribution is 5.87. The van der Waals surface area contributed by atoms with Gasteiger partial charge in [0.25, 0.3) is 5.91 Å². The van der Waals surface area contributed by atoms with E-state index in [1.54, 1.807) is 0 Å². The van der Waals surface area contributed by atoms with Crippen LogP contribution in [0.4, 0.5) is 0 Å². The zero-order valence-corrected chi connectivity index (χ0v) is 15.7. The molecule has 0 saturated carbocycles. The number of ether oxygens (including phenoxy) is 2. The number of aromatic nitrogens is 1. The van der Waals surface area contributed by atoms with E-state index in [1.807, 2.05) is 18.2 Å². The molecule has 0 spiro atoms. The molecule has 0 bridgehead atoms. The minimum Gasteiger partial charge on any atom is -0.483 e. The Labute approximate surface area is 155 Å². The number of hydrogen-bond acceptors (Lipinski definition) is 4. The lowest BCUT2D eigenvalue weighted by atomic mass is 10.2. The van der Waals surface area contributed by atoms with Crippen LogP contribution >= 0.6 is 0 Å². The van der Waals surface area contributed by atoms with Crippen LogP contribution < -0.4 is 10.1 Å². The first kappa shape index (κ1) is 18.7. The summed E-state index contributed by atoms with van der Waals surface area (Å²) in [6.07, 6.45) is 3.01. The molecule has 6 nitrogen and oxygen atoms in total. The van der Waals surface area contributed by atoms with Gasteiger partial charge in [0.15, 0.2) is 6.61 Å². The van der Waals surface area contributed by atoms with E-state index in [1.165, 1.54) is 0 Å². The van der Waals surface area contributed by atoms with Gasteiger partial charge in [0, 0.05) is 37.3 Å². The number of rotatable bonds is 8. The van der Waals surface area contributed by atoms with Crippen LogP contribution in [0.2, 0.25) is 0 Å². The summed E-state index contributed by atoms with van der Waals surface area (Å²) in [5.74, 6) is 0.678. The van der Waals surface area contributed by atoms with E-state index >= 15 is 0 Å². The number of morpholine rings is 1. The molecule has 3 rings (SSSR count). The maximum absolute atomic E-state index is 12.0. The summed E-state index contributed by atoms with van der Waals surface area (Å²) >= 11 is 0. The highest BCUT2D eigenvalue weighted by atomic mass is 16.5. The zero-order chi connectivity index (χ0) is 18.4. The van der Waals surface area contributed by atoms with Crippen LogP contribution in [0.1, 0.15) is 26.3 Å². The van der Waals surface area contributed by atoms with E-state index in [-0.39, 0.29) is 12.5 Å². The normalized spacial score (nSPS) is 15.5. The van der Waals surface area contributed by atoms with Crippen molar-refractivity contribution in [3.8, 4) is 5.75 Å². The van der Waals surface area contributed by atoms with Gasteiger partial charge in [0.05, 0.1) is 18.7 Å². The zero-order valence-electron chi connectivity index (χ0n) is 15.7. The Balaban J connectivity index is 1.43. The highest BCUT2D eigenvalue weighted by Crippen LogP contribution is 2.28. The lowest BCUT2D eigenvalue weighted by Gasteiger charge is -2.26. The molecule has 26 heavy (non-hydrogen) atoms. The van der Waals surface area contributed by atoms with Crippen LogP contribution in [0.3, 0.4) is 0 Å². The highest BCUT2D eigenvalue weighted by Gasteiger charge is 2.11. The molecule has 1 aromatic heterocycles. The first-order chi connectivity index (χ1) is 12.6. The van der Waals surface area contributed by atoms with Gasteiger partial charge in [0.1, 0.15) is 5.75 Å². The summed E-state index contributed by atoms with van der Waals surface area (Å²) < 4.78 is 13.3. The van der Waals surface area contributed by atoms with Crippen LogP contribution in [-0.4, -0.2) is 61.4 Å². The van der Waals surface area contributed by atoms with E-state index in [0.717, 1.165) is 55.9 Å². The molecule has 1 amide bonds. The monoisotopic (exact) mass is 359 g/mol. The van der Waals surface area contributed by atoms with Crippen LogP contribution in [0.25, 0.3) is 10.9 Å². The Morgan fingerprint density at radius 2 is 2.08 bits per heavy atom. The average molecular weight is 359 g/mol. The SMILES string of the molecule is CC(C)n1ccc2c(OCC(=O)NCCCN3CCOCC3)cccc21. The molecular formula is C20H29N3O3. The number of benzene rings is 1. The molecule has 1 aliphatic rings. The molecule has 1 fully saturated rings. The van der Waals surface area contributed by atoms with Gasteiger partial charge in [-0.15, -0.1) is 0 Å². The summed E-state index contributed by atoms with van der Waals surface area (Å²) in [6, 6.07) is 8.39. The standard InChI is InChI=1S/C20H29N3O3/c1-16(2)23-10-7-17-18(23)5-3-6-19(17)26-15-20(24)21-8-4-9-22-11-13-25-14-12-22/h3,5-7,10,16H,4,8-9,11-15H2,1-2H3,(H,21,24). The second kappa shape index (κ2) is 9.05. The molecule has 1 aliphatic heterocycles. The van der Waals surface area contributed by atoms with E-state index < -0.39 is 0 Å². The summed E-state index contributed by atoms with van der Waals surface area (Å²) in [5.41, 5.74) is 1.13. The van der Waals surface area contributed by atoms with Gasteiger partial charge in [-0.05, 0) is 45.0 Å². The quantitative estimate of drug-likeness (QED) is 0.736. The number of amides is 1. The largest absolute Gasteiger partial charge is 0.483 e. The summed E-state index contributed by atoms with van der Waals surface area (Å²) in [4.78, 5) is 14.4. The Morgan fingerprint density at radius 3 is 2.85 bits per heavy atom. The molecule has 2 heterocycles. The summed E-state index contributed by atoms with van der Waals surface area (Å²) in [7, 11) is 0. The molecule has 2 aromatic rings. The summed E-state index contributed by atoms with van der Waals surface area (Å²) in [5, 5.41) is 3.98. The van der Waals surface area contributed by atoms with Crippen molar-refractivity contribution >= 4 is 16.8 Å². The molecule has 142 valence electrons. The van der Waals surface area contributed by atoms with Crippen molar-refractivity contribution in [1.29, 1.82) is 0 Å². The first-order valence-electron chi connectivity index (χ1n) is 9.44. The van der Waals surface area contributed by atoms with Crippen molar-refractivity contribution in [2.24, 2.45) is 0 Å². The molecule has 0 unspecified atom stereocenters. The van der Waals surface area contributed by atoms with Crippen molar-refractivity contribution in [2.75, 3.05) is 46.0 Å². The molecule has 0 aliphatic carbocycles. The Hall–Kier alpha value is -2.05. The van der Waals surface area contributed by atoms with E-state index in [4.69, 9.17) is 9.47 Å². The topological polar surface area (TPSA) is 55.7 Å². The summed E-state index contributed by atoms with van der Waals surface area (Å²) in [6.45, 7) is 9.60. The second-order valence-electron chi connectivity index (χ2n) is 6.95. The maximum atomic E-state index is 12.0. The fourth-order valence-corrected chi connectivity index (χ4v) is 3.29. The van der Waals surface area contributed by atoms with Gasteiger partial charge in [0.2, 0.25) is 0 Å². The van der Waals surface area contributed by atoms with Gasteiger partial charge >= 0.3 is 0 Å². The predicted octanol–water partition coefficient (Wildman–Crippen LogP) is 2.44. The van der Waals surface area contributed by atoms with Crippen LogP contribution in [0.15, 0.2) is 30.5 Å². The molecule has 1 saturated heterocycles. The fraction of sp³-hybridized carbons (Fsp3) is 0.550. The third kappa shape index (κ3) is 4.77. The number of hydrogen-bond donors (Lipinski definition) is 1. The van der Waals surface area contributed by atoms with Crippen molar-refractivity contribution in [1.82, 2.24) is 14.8 Å². The van der Waals surface area contributed by atoms with Crippen molar-refractivity contribution in [3.63, 3.8) is 0 Å². The predicted molar refractivity (Wildman–Crippen MR) is 103 cm³/mol. The molecule has 1 aromatic carbocycles. The van der Waals surface area contributed by atoms with Crippen molar-refractivity contribution < 1.29 is 14.3 Å². The number of carbonyl (C=O) groups excluding carboxylic acids is 1. The van der Waals surface area contributed by atoms with Crippen LogP contribution in [0.5, 0.6) is 5.75 Å². The Morgan fingerprint density at radius 1 is 1.27 bits per heavy atom. The molecule has 1 N–H and O–H groups in total. The smallest absolute Gasteiger partial charge is 0.257 e. The Bertz CT molecular complexity index is 720. The van der Waals surface area contributed by atoms with Gasteiger partial charge in [-0.2, -0.15) is 0 Å². The van der Waals surface area contributed by atoms with Crippen molar-refractivity contribution in [3.05, 3.63) is 30.5 Å². The minimum atomic E-state index is -0.0766. The third-order valence-corrected chi connectivity index (χ3v) is 4.72. The van der Waals surface area contributed by atoms with Gasteiger partial charge in [-0.25, -0.2) is 0 Å². The van der Waals surface area contributed by atoms with Gasteiger partial charge in [-0.1, -0.05) is 6.07 Å². The van der Waals surface area contributed by atoms with Crippen LogP contribution in [0, 0.1) is 0 Å². The maximum Gasteiger partial charge on any atom is 0.257 e. The Kier molecular flexibility index (Phi) is 6.52. The second-order valence-corrected chi connectivity index (χ2v) is 6.95. The molecule has 6 heteroatoms. The fourth-order valence-electron chi connectivity index (χ4n) is 3.29. The first-order valence-corrected chi connectivity index (χ1v) is 9.44.